The van der Waals surface area contributed by atoms with Crippen molar-refractivity contribution in [1.82, 2.24) is 4.57 Å². The summed E-state index contributed by atoms with van der Waals surface area (Å²) in [6, 6.07) is 8.61. The average molecular weight is 344 g/mol. The molecule has 1 aromatic carbocycles. The van der Waals surface area contributed by atoms with Gasteiger partial charge >= 0.3 is 0 Å². The van der Waals surface area contributed by atoms with Crippen molar-refractivity contribution in [3.05, 3.63) is 89.5 Å². The first-order valence-electron chi connectivity index (χ1n) is 9.13. The lowest BCUT2D eigenvalue weighted by atomic mass is 10.1. The van der Waals surface area contributed by atoms with Crippen LogP contribution in [0.15, 0.2) is 61.4 Å². The number of hydrogen-bond donors (Lipinski definition) is 0. The predicted octanol–water partition coefficient (Wildman–Crippen LogP) is 7.15. The highest BCUT2D eigenvalue weighted by Crippen LogP contribution is 2.30. The van der Waals surface area contributed by atoms with Crippen molar-refractivity contribution in [3.63, 3.8) is 0 Å². The van der Waals surface area contributed by atoms with Crippen LogP contribution in [0.2, 0.25) is 0 Å². The third kappa shape index (κ3) is 4.25. The smallest absolute Gasteiger partial charge is 0.0540 e. The Morgan fingerprint density at radius 1 is 1.19 bits per heavy atom. The van der Waals surface area contributed by atoms with E-state index >= 15 is 0 Å². The zero-order valence-corrected chi connectivity index (χ0v) is 16.4. The molecule has 0 saturated heterocycles. The second-order valence-corrected chi connectivity index (χ2v) is 6.68. The molecule has 2 rings (SSSR count). The Bertz CT molecular complexity index is 883. The molecule has 134 valence electrons. The minimum atomic E-state index is 0.469. The SMILES string of the molecule is C=C=Cc1c(C)c(/C=C\C[C@H](C)C=C)n(-c2cccc(C)c2)c1/C=C\C. The molecule has 1 aromatic heterocycles. The fraction of sp³-hybridized carbons (Fsp3) is 0.240. The Morgan fingerprint density at radius 2 is 1.96 bits per heavy atom. The molecular formula is C25H29N. The predicted molar refractivity (Wildman–Crippen MR) is 117 cm³/mol. The maximum atomic E-state index is 3.88. The average Bonchev–Trinajstić information content (AvgIpc) is 2.88. The minimum absolute atomic E-state index is 0.469. The van der Waals surface area contributed by atoms with Crippen molar-refractivity contribution >= 4 is 18.2 Å². The first-order chi connectivity index (χ1) is 12.5. The van der Waals surface area contributed by atoms with E-state index in [1.54, 1.807) is 0 Å². The van der Waals surface area contributed by atoms with Crippen LogP contribution < -0.4 is 0 Å². The van der Waals surface area contributed by atoms with Gasteiger partial charge in [0.1, 0.15) is 0 Å². The summed E-state index contributed by atoms with van der Waals surface area (Å²) < 4.78 is 2.32. The summed E-state index contributed by atoms with van der Waals surface area (Å²) in [7, 11) is 0. The third-order valence-corrected chi connectivity index (χ3v) is 4.56. The van der Waals surface area contributed by atoms with E-state index in [-0.39, 0.29) is 0 Å². The molecule has 0 aliphatic rings. The Kier molecular flexibility index (Phi) is 6.83. The number of rotatable bonds is 7. The quantitative estimate of drug-likeness (QED) is 0.371. The van der Waals surface area contributed by atoms with Crippen molar-refractivity contribution in [1.29, 1.82) is 0 Å². The van der Waals surface area contributed by atoms with Gasteiger partial charge in [0.15, 0.2) is 0 Å². The maximum absolute atomic E-state index is 3.88. The van der Waals surface area contributed by atoms with Crippen LogP contribution >= 0.6 is 0 Å². The van der Waals surface area contributed by atoms with E-state index in [2.05, 4.69) is 92.8 Å². The van der Waals surface area contributed by atoms with Gasteiger partial charge in [-0.05, 0) is 74.6 Å². The van der Waals surface area contributed by atoms with Gasteiger partial charge in [0.05, 0.1) is 5.69 Å². The molecule has 0 spiro atoms. The first kappa shape index (κ1) is 19.6. The van der Waals surface area contributed by atoms with Crippen molar-refractivity contribution in [3.8, 4) is 5.69 Å². The largest absolute Gasteiger partial charge is 0.310 e. The zero-order chi connectivity index (χ0) is 19.1. The van der Waals surface area contributed by atoms with Crippen LogP contribution in [0.1, 0.15) is 48.3 Å². The van der Waals surface area contributed by atoms with Crippen LogP contribution in [0.4, 0.5) is 0 Å². The number of benzene rings is 1. The Morgan fingerprint density at radius 3 is 2.58 bits per heavy atom. The van der Waals surface area contributed by atoms with Crippen LogP contribution in [0.3, 0.4) is 0 Å². The Hall–Kier alpha value is -2.76. The molecule has 1 heterocycles. The molecule has 0 unspecified atom stereocenters. The van der Waals surface area contributed by atoms with Gasteiger partial charge in [-0.3, -0.25) is 0 Å². The van der Waals surface area contributed by atoms with Gasteiger partial charge in [0.25, 0.3) is 0 Å². The lowest BCUT2D eigenvalue weighted by molar-refractivity contribution is 0.748. The molecule has 0 fully saturated rings. The number of hydrogen-bond acceptors (Lipinski definition) is 0. The first-order valence-corrected chi connectivity index (χ1v) is 9.13. The van der Waals surface area contributed by atoms with Crippen molar-refractivity contribution < 1.29 is 0 Å². The second-order valence-electron chi connectivity index (χ2n) is 6.68. The number of allylic oxidation sites excluding steroid dienone is 3. The molecule has 26 heavy (non-hydrogen) atoms. The molecule has 0 saturated carbocycles. The Labute approximate surface area is 158 Å². The van der Waals surface area contributed by atoms with E-state index in [1.807, 2.05) is 19.1 Å². The van der Waals surface area contributed by atoms with E-state index < -0.39 is 0 Å². The van der Waals surface area contributed by atoms with Crippen LogP contribution in [0, 0.1) is 19.8 Å². The van der Waals surface area contributed by atoms with Gasteiger partial charge < -0.3 is 4.57 Å². The maximum Gasteiger partial charge on any atom is 0.0540 e. The van der Waals surface area contributed by atoms with Gasteiger partial charge in [0, 0.05) is 16.9 Å². The van der Waals surface area contributed by atoms with E-state index in [0.717, 1.165) is 17.7 Å². The molecule has 0 aliphatic carbocycles. The van der Waals surface area contributed by atoms with Gasteiger partial charge in [-0.1, -0.05) is 43.9 Å². The Balaban J connectivity index is 2.73. The summed E-state index contributed by atoms with van der Waals surface area (Å²) in [6.45, 7) is 16.2. The summed E-state index contributed by atoms with van der Waals surface area (Å²) in [5, 5.41) is 0. The van der Waals surface area contributed by atoms with Gasteiger partial charge in [-0.25, -0.2) is 0 Å². The molecule has 0 aliphatic heterocycles. The summed E-state index contributed by atoms with van der Waals surface area (Å²) in [5.41, 5.74) is 10.1. The van der Waals surface area contributed by atoms with Crippen molar-refractivity contribution in [2.24, 2.45) is 5.92 Å². The highest BCUT2D eigenvalue weighted by Gasteiger charge is 2.16. The second kappa shape index (κ2) is 9.08. The van der Waals surface area contributed by atoms with Crippen LogP contribution in [-0.4, -0.2) is 4.57 Å². The summed E-state index contributed by atoms with van der Waals surface area (Å²) in [5.74, 6) is 0.469. The van der Waals surface area contributed by atoms with Crippen LogP contribution in [-0.2, 0) is 0 Å². The molecule has 0 radical (unpaired) electrons. The molecular weight excluding hydrogens is 314 g/mol. The summed E-state index contributed by atoms with van der Waals surface area (Å²) in [4.78, 5) is 0. The number of nitrogens with zero attached hydrogens (tertiary/aromatic N) is 1. The molecule has 2 aromatic rings. The van der Waals surface area contributed by atoms with E-state index in [0.29, 0.717) is 5.92 Å². The number of aromatic nitrogens is 1. The highest BCUT2D eigenvalue weighted by atomic mass is 15.0. The molecule has 0 bridgehead atoms. The summed E-state index contributed by atoms with van der Waals surface area (Å²) >= 11 is 0. The van der Waals surface area contributed by atoms with E-state index in [1.165, 1.54) is 22.5 Å². The minimum Gasteiger partial charge on any atom is -0.310 e. The fourth-order valence-corrected chi connectivity index (χ4v) is 3.09. The number of aryl methyl sites for hydroxylation is 1. The van der Waals surface area contributed by atoms with Crippen molar-refractivity contribution in [2.75, 3.05) is 0 Å². The van der Waals surface area contributed by atoms with E-state index in [4.69, 9.17) is 0 Å². The fourth-order valence-electron chi connectivity index (χ4n) is 3.09. The normalized spacial score (nSPS) is 12.5. The van der Waals surface area contributed by atoms with Crippen molar-refractivity contribution in [2.45, 2.75) is 34.1 Å². The third-order valence-electron chi connectivity index (χ3n) is 4.56. The monoisotopic (exact) mass is 343 g/mol. The van der Waals surface area contributed by atoms with Gasteiger partial charge in [-0.15, -0.1) is 12.3 Å². The lowest BCUT2D eigenvalue weighted by Crippen LogP contribution is -2.00. The van der Waals surface area contributed by atoms with Crippen LogP contribution in [0.25, 0.3) is 23.9 Å². The molecule has 0 amide bonds. The van der Waals surface area contributed by atoms with Gasteiger partial charge in [0.2, 0.25) is 0 Å². The molecule has 0 N–H and O–H groups in total. The lowest BCUT2D eigenvalue weighted by Gasteiger charge is -2.12. The topological polar surface area (TPSA) is 4.93 Å². The summed E-state index contributed by atoms with van der Waals surface area (Å²) in [6.07, 6.45) is 13.6. The van der Waals surface area contributed by atoms with E-state index in [9.17, 15) is 0 Å². The molecule has 1 nitrogen and oxygen atoms in total. The van der Waals surface area contributed by atoms with Gasteiger partial charge in [-0.2, -0.15) is 0 Å². The zero-order valence-electron chi connectivity index (χ0n) is 16.4. The molecule has 1 atom stereocenters. The standard InChI is InChI=1S/C25H29N/c1-7-12-23-21(6)24(17-11-14-19(4)9-3)26(25(23)13-8-2)22-16-10-15-20(5)18-22/h8-13,15-19H,1,3,14H2,2,4-6H3/b13-8-,17-11-/t19-/m1/s1. The van der Waals surface area contributed by atoms with Crippen LogP contribution in [0.5, 0.6) is 0 Å². The highest BCUT2D eigenvalue weighted by molar-refractivity contribution is 5.74. The molecule has 1 heteroatoms.